The number of aliphatic hydroxyl groups is 1. The summed E-state index contributed by atoms with van der Waals surface area (Å²) >= 11 is 0. The topological polar surface area (TPSA) is 92.4 Å². The Kier molecular flexibility index (Phi) is 4.06. The maximum Gasteiger partial charge on any atom is 0.265 e. The molecule has 6 nitrogen and oxygen atoms in total. The number of rotatable bonds is 4. The lowest BCUT2D eigenvalue weighted by atomic mass is 10.2. The van der Waals surface area contributed by atoms with E-state index in [1.807, 2.05) is 6.92 Å². The van der Waals surface area contributed by atoms with Gasteiger partial charge < -0.3 is 9.52 Å². The van der Waals surface area contributed by atoms with Gasteiger partial charge in [-0.2, -0.15) is 0 Å². The molecule has 0 bridgehead atoms. The fraction of sp³-hybridized carbons (Fsp3) is 0.357. The summed E-state index contributed by atoms with van der Waals surface area (Å²) in [6, 6.07) is 3.39. The van der Waals surface area contributed by atoms with Crippen LogP contribution in [0, 0.1) is 27.7 Å². The van der Waals surface area contributed by atoms with E-state index in [-0.39, 0.29) is 16.2 Å². The first-order valence-electron chi connectivity index (χ1n) is 6.43. The van der Waals surface area contributed by atoms with E-state index in [1.54, 1.807) is 32.9 Å². The molecule has 0 aliphatic rings. The minimum absolute atomic E-state index is 0.0116. The highest BCUT2D eigenvalue weighted by atomic mass is 32.2. The lowest BCUT2D eigenvalue weighted by Gasteiger charge is -2.11. The van der Waals surface area contributed by atoms with Crippen molar-refractivity contribution in [2.24, 2.45) is 0 Å². The van der Waals surface area contributed by atoms with Crippen molar-refractivity contribution in [3.8, 4) is 0 Å². The first kappa shape index (κ1) is 15.5. The van der Waals surface area contributed by atoms with Gasteiger partial charge in [-0.3, -0.25) is 9.71 Å². The average Bonchev–Trinajstić information content (AvgIpc) is 2.67. The third kappa shape index (κ3) is 2.93. The number of hydrogen-bond donors (Lipinski definition) is 2. The van der Waals surface area contributed by atoms with Crippen molar-refractivity contribution in [2.45, 2.75) is 39.2 Å². The molecule has 0 radical (unpaired) electrons. The molecule has 2 rings (SSSR count). The van der Waals surface area contributed by atoms with Gasteiger partial charge in [0, 0.05) is 11.3 Å². The molecule has 0 amide bonds. The average molecular weight is 310 g/mol. The normalized spacial score (nSPS) is 11.7. The number of anilines is 1. The highest BCUT2D eigenvalue weighted by Crippen LogP contribution is 2.28. The second kappa shape index (κ2) is 5.50. The van der Waals surface area contributed by atoms with Crippen LogP contribution in [-0.4, -0.2) is 18.5 Å². The van der Waals surface area contributed by atoms with E-state index in [9.17, 15) is 13.5 Å². The zero-order valence-electron chi connectivity index (χ0n) is 12.4. The Balaban J connectivity index is 2.48. The summed E-state index contributed by atoms with van der Waals surface area (Å²) in [6.45, 7) is 6.34. The van der Waals surface area contributed by atoms with Crippen LogP contribution < -0.4 is 4.72 Å². The summed E-state index contributed by atoms with van der Waals surface area (Å²) in [5, 5.41) is 9.37. The second-order valence-corrected chi connectivity index (χ2v) is 6.49. The number of furan rings is 1. The molecule has 0 saturated heterocycles. The Labute approximate surface area is 123 Å². The zero-order chi connectivity index (χ0) is 15.8. The summed E-state index contributed by atoms with van der Waals surface area (Å²) < 4.78 is 32.9. The Hall–Kier alpha value is -1.86. The Morgan fingerprint density at radius 1 is 1.19 bits per heavy atom. The zero-order valence-corrected chi connectivity index (χ0v) is 13.2. The molecule has 2 heterocycles. The number of sulfonamides is 1. The smallest absolute Gasteiger partial charge is 0.265 e. The minimum atomic E-state index is -3.85. The molecule has 2 N–H and O–H groups in total. The van der Waals surface area contributed by atoms with Crippen LogP contribution in [0.4, 0.5) is 5.69 Å². The van der Waals surface area contributed by atoms with Gasteiger partial charge in [-0.1, -0.05) is 0 Å². The van der Waals surface area contributed by atoms with Crippen LogP contribution in [0.5, 0.6) is 0 Å². The van der Waals surface area contributed by atoms with Crippen molar-refractivity contribution in [1.82, 2.24) is 4.98 Å². The van der Waals surface area contributed by atoms with E-state index >= 15 is 0 Å². The maximum absolute atomic E-state index is 12.5. The standard InChI is InChI=1S/C14H18N2O4S/c1-8-5-6-13(9(2)15-8)16-21(18,19)14-11(4)20-10(3)12(14)7-17/h5-6,16-17H,7H2,1-4H3. The molecule has 2 aromatic rings. The third-order valence-electron chi connectivity index (χ3n) is 3.22. The molecular weight excluding hydrogens is 292 g/mol. The second-order valence-electron chi connectivity index (χ2n) is 4.87. The number of aromatic nitrogens is 1. The van der Waals surface area contributed by atoms with Crippen molar-refractivity contribution in [3.63, 3.8) is 0 Å². The SMILES string of the molecule is Cc1ccc(NS(=O)(=O)c2c(C)oc(C)c2CO)c(C)n1. The van der Waals surface area contributed by atoms with Gasteiger partial charge in [-0.15, -0.1) is 0 Å². The van der Waals surface area contributed by atoms with Crippen LogP contribution in [0.25, 0.3) is 0 Å². The molecule has 0 atom stereocenters. The van der Waals surface area contributed by atoms with Gasteiger partial charge in [0.15, 0.2) is 0 Å². The summed E-state index contributed by atoms with van der Waals surface area (Å²) in [7, 11) is -3.85. The predicted octanol–water partition coefficient (Wildman–Crippen LogP) is 2.20. The summed E-state index contributed by atoms with van der Waals surface area (Å²) in [6.07, 6.45) is 0. The number of aliphatic hydroxyl groups excluding tert-OH is 1. The van der Waals surface area contributed by atoms with Crippen molar-refractivity contribution in [2.75, 3.05) is 4.72 Å². The van der Waals surface area contributed by atoms with E-state index in [4.69, 9.17) is 4.42 Å². The molecule has 0 aliphatic heterocycles. The van der Waals surface area contributed by atoms with Gasteiger partial charge in [0.25, 0.3) is 10.0 Å². The fourth-order valence-electron chi connectivity index (χ4n) is 2.23. The van der Waals surface area contributed by atoms with Crippen molar-refractivity contribution in [1.29, 1.82) is 0 Å². The van der Waals surface area contributed by atoms with Gasteiger partial charge in [0.05, 0.1) is 18.0 Å². The van der Waals surface area contributed by atoms with Crippen LogP contribution in [0.1, 0.15) is 28.5 Å². The Morgan fingerprint density at radius 3 is 2.43 bits per heavy atom. The summed E-state index contributed by atoms with van der Waals surface area (Å²) in [5.74, 6) is 0.649. The van der Waals surface area contributed by atoms with Gasteiger partial charge in [-0.05, 0) is 39.8 Å². The van der Waals surface area contributed by atoms with Crippen LogP contribution in [0.3, 0.4) is 0 Å². The van der Waals surface area contributed by atoms with E-state index in [0.29, 0.717) is 17.1 Å². The molecule has 114 valence electrons. The molecule has 0 aromatic carbocycles. The molecule has 2 aromatic heterocycles. The monoisotopic (exact) mass is 310 g/mol. The molecule has 0 aliphatic carbocycles. The van der Waals surface area contributed by atoms with E-state index in [2.05, 4.69) is 9.71 Å². The minimum Gasteiger partial charge on any atom is -0.465 e. The fourth-order valence-corrected chi connectivity index (χ4v) is 3.79. The van der Waals surface area contributed by atoms with Crippen molar-refractivity contribution < 1.29 is 17.9 Å². The van der Waals surface area contributed by atoms with Gasteiger partial charge in [0.2, 0.25) is 0 Å². The highest BCUT2D eigenvalue weighted by Gasteiger charge is 2.27. The third-order valence-corrected chi connectivity index (χ3v) is 4.78. The summed E-state index contributed by atoms with van der Waals surface area (Å²) in [5.41, 5.74) is 2.07. The molecule has 0 saturated carbocycles. The molecule has 7 heteroatoms. The van der Waals surface area contributed by atoms with Crippen molar-refractivity contribution >= 4 is 15.7 Å². The largest absolute Gasteiger partial charge is 0.465 e. The first-order valence-corrected chi connectivity index (χ1v) is 7.91. The molecule has 0 fully saturated rings. The van der Waals surface area contributed by atoms with E-state index in [1.165, 1.54) is 0 Å². The molecule has 0 spiro atoms. The molecule has 0 unspecified atom stereocenters. The highest BCUT2D eigenvalue weighted by molar-refractivity contribution is 7.92. The van der Waals surface area contributed by atoms with Crippen LogP contribution in [-0.2, 0) is 16.6 Å². The lowest BCUT2D eigenvalue weighted by molar-refractivity contribution is 0.276. The van der Waals surface area contributed by atoms with Gasteiger partial charge in [-0.25, -0.2) is 8.42 Å². The van der Waals surface area contributed by atoms with Gasteiger partial charge >= 0.3 is 0 Å². The van der Waals surface area contributed by atoms with Crippen molar-refractivity contribution in [3.05, 3.63) is 40.6 Å². The van der Waals surface area contributed by atoms with Crippen LogP contribution in [0.15, 0.2) is 21.4 Å². The van der Waals surface area contributed by atoms with Crippen LogP contribution >= 0.6 is 0 Å². The lowest BCUT2D eigenvalue weighted by Crippen LogP contribution is -2.16. The number of nitrogens with one attached hydrogen (secondary N) is 1. The van der Waals surface area contributed by atoms with E-state index < -0.39 is 16.6 Å². The van der Waals surface area contributed by atoms with E-state index in [0.717, 1.165) is 5.69 Å². The molecule has 21 heavy (non-hydrogen) atoms. The number of pyridine rings is 1. The Morgan fingerprint density at radius 2 is 1.86 bits per heavy atom. The molecular formula is C14H18N2O4S. The number of aryl methyl sites for hydroxylation is 4. The first-order chi connectivity index (χ1) is 9.76. The van der Waals surface area contributed by atoms with Crippen LogP contribution in [0.2, 0.25) is 0 Å². The predicted molar refractivity (Wildman–Crippen MR) is 78.6 cm³/mol. The number of hydrogen-bond acceptors (Lipinski definition) is 5. The van der Waals surface area contributed by atoms with Gasteiger partial charge in [0.1, 0.15) is 16.4 Å². The summed E-state index contributed by atoms with van der Waals surface area (Å²) in [4.78, 5) is 4.21. The Bertz CT molecular complexity index is 779. The maximum atomic E-state index is 12.5. The number of nitrogens with zero attached hydrogens (tertiary/aromatic N) is 1. The quantitative estimate of drug-likeness (QED) is 0.903.